The third-order valence-electron chi connectivity index (χ3n) is 4.02. The van der Waals surface area contributed by atoms with E-state index in [2.05, 4.69) is 0 Å². The normalized spacial score (nSPS) is 19.0. The lowest BCUT2D eigenvalue weighted by Crippen LogP contribution is -2.48. The van der Waals surface area contributed by atoms with Gasteiger partial charge in [-0.3, -0.25) is 9.59 Å². The summed E-state index contributed by atoms with van der Waals surface area (Å²) in [6.07, 6.45) is 1.67. The van der Waals surface area contributed by atoms with E-state index >= 15 is 0 Å². The lowest BCUT2D eigenvalue weighted by Gasteiger charge is -2.33. The molecule has 0 radical (unpaired) electrons. The first-order chi connectivity index (χ1) is 11.2. The highest BCUT2D eigenvalue weighted by Gasteiger charge is 2.32. The first-order valence-corrected chi connectivity index (χ1v) is 8.32. The molecule has 23 heavy (non-hydrogen) atoms. The SMILES string of the molecule is CCOC(=O)[C@@H]1CCCN(C(=O)[C@H](CC)Oc2ccccc2)C1. The van der Waals surface area contributed by atoms with Crippen LogP contribution in [-0.4, -0.2) is 42.6 Å². The van der Waals surface area contributed by atoms with Gasteiger partial charge < -0.3 is 14.4 Å². The number of nitrogens with zero attached hydrogens (tertiary/aromatic N) is 1. The van der Waals surface area contributed by atoms with Crippen LogP contribution in [0, 0.1) is 5.92 Å². The quantitative estimate of drug-likeness (QED) is 0.756. The van der Waals surface area contributed by atoms with Gasteiger partial charge in [0.05, 0.1) is 12.5 Å². The molecule has 1 aromatic carbocycles. The summed E-state index contributed by atoms with van der Waals surface area (Å²) in [5, 5.41) is 0. The molecular weight excluding hydrogens is 294 g/mol. The van der Waals surface area contributed by atoms with Crippen LogP contribution in [0.2, 0.25) is 0 Å². The van der Waals surface area contributed by atoms with Crippen molar-refractivity contribution in [3.63, 3.8) is 0 Å². The second kappa shape index (κ2) is 8.56. The third kappa shape index (κ3) is 4.71. The molecule has 2 atom stereocenters. The van der Waals surface area contributed by atoms with Crippen molar-refractivity contribution in [3.8, 4) is 5.75 Å². The number of rotatable bonds is 6. The van der Waals surface area contributed by atoms with Crippen LogP contribution in [0.3, 0.4) is 0 Å². The zero-order valence-corrected chi connectivity index (χ0v) is 13.9. The van der Waals surface area contributed by atoms with Crippen LogP contribution in [-0.2, 0) is 14.3 Å². The molecule has 126 valence electrons. The highest BCUT2D eigenvalue weighted by atomic mass is 16.5. The molecule has 0 aromatic heterocycles. The van der Waals surface area contributed by atoms with Gasteiger partial charge in [-0.2, -0.15) is 0 Å². The Morgan fingerprint density at radius 2 is 2.00 bits per heavy atom. The summed E-state index contributed by atoms with van der Waals surface area (Å²) in [6.45, 7) is 5.19. The lowest BCUT2D eigenvalue weighted by atomic mass is 9.97. The second-order valence-corrected chi connectivity index (χ2v) is 5.70. The summed E-state index contributed by atoms with van der Waals surface area (Å²) in [5.41, 5.74) is 0. The zero-order chi connectivity index (χ0) is 16.7. The molecule has 1 amide bonds. The Morgan fingerprint density at radius 1 is 1.26 bits per heavy atom. The average molecular weight is 319 g/mol. The Hall–Kier alpha value is -2.04. The van der Waals surface area contributed by atoms with Crippen LogP contribution in [0.1, 0.15) is 33.1 Å². The topological polar surface area (TPSA) is 55.8 Å². The van der Waals surface area contributed by atoms with Crippen LogP contribution in [0.15, 0.2) is 30.3 Å². The number of para-hydroxylation sites is 1. The number of carbonyl (C=O) groups excluding carboxylic acids is 2. The highest BCUT2D eigenvalue weighted by molar-refractivity contribution is 5.82. The number of esters is 1. The number of likely N-dealkylation sites (tertiary alicyclic amines) is 1. The monoisotopic (exact) mass is 319 g/mol. The summed E-state index contributed by atoms with van der Waals surface area (Å²) in [6, 6.07) is 9.35. The number of ether oxygens (including phenoxy) is 2. The number of hydrogen-bond acceptors (Lipinski definition) is 4. The Balaban J connectivity index is 1.98. The lowest BCUT2D eigenvalue weighted by molar-refractivity contribution is -0.152. The molecule has 0 saturated carbocycles. The van der Waals surface area contributed by atoms with Crippen LogP contribution in [0.25, 0.3) is 0 Å². The van der Waals surface area contributed by atoms with Gasteiger partial charge in [0.1, 0.15) is 5.75 Å². The smallest absolute Gasteiger partial charge is 0.310 e. The summed E-state index contributed by atoms with van der Waals surface area (Å²) in [4.78, 5) is 26.4. The molecule has 1 aliphatic rings. The van der Waals surface area contributed by atoms with E-state index in [-0.39, 0.29) is 17.8 Å². The maximum absolute atomic E-state index is 12.7. The minimum absolute atomic E-state index is 0.0506. The van der Waals surface area contributed by atoms with E-state index in [0.29, 0.717) is 31.9 Å². The van der Waals surface area contributed by atoms with Crippen LogP contribution in [0.4, 0.5) is 0 Å². The van der Waals surface area contributed by atoms with E-state index in [0.717, 1.165) is 12.8 Å². The molecular formula is C18H25NO4. The number of piperidine rings is 1. The van der Waals surface area contributed by atoms with Crippen molar-refractivity contribution in [2.24, 2.45) is 5.92 Å². The molecule has 1 fully saturated rings. The predicted molar refractivity (Wildman–Crippen MR) is 87.1 cm³/mol. The Morgan fingerprint density at radius 3 is 2.65 bits per heavy atom. The highest BCUT2D eigenvalue weighted by Crippen LogP contribution is 2.21. The maximum atomic E-state index is 12.7. The van der Waals surface area contributed by atoms with Gasteiger partial charge in [-0.25, -0.2) is 0 Å². The fraction of sp³-hybridized carbons (Fsp3) is 0.556. The zero-order valence-electron chi connectivity index (χ0n) is 13.9. The minimum atomic E-state index is -0.515. The average Bonchev–Trinajstić information content (AvgIpc) is 2.60. The van der Waals surface area contributed by atoms with Gasteiger partial charge in [0.25, 0.3) is 5.91 Å². The van der Waals surface area contributed by atoms with Crippen molar-refractivity contribution in [3.05, 3.63) is 30.3 Å². The molecule has 0 spiro atoms. The van der Waals surface area contributed by atoms with Gasteiger partial charge in [0.15, 0.2) is 6.10 Å². The van der Waals surface area contributed by atoms with E-state index < -0.39 is 6.10 Å². The summed E-state index contributed by atoms with van der Waals surface area (Å²) >= 11 is 0. The van der Waals surface area contributed by atoms with Crippen LogP contribution < -0.4 is 4.74 Å². The molecule has 0 bridgehead atoms. The van der Waals surface area contributed by atoms with Gasteiger partial charge in [-0.15, -0.1) is 0 Å². The fourth-order valence-electron chi connectivity index (χ4n) is 2.81. The van der Waals surface area contributed by atoms with E-state index in [1.807, 2.05) is 37.3 Å². The van der Waals surface area contributed by atoms with E-state index in [4.69, 9.17) is 9.47 Å². The van der Waals surface area contributed by atoms with Crippen molar-refractivity contribution in [2.45, 2.75) is 39.2 Å². The van der Waals surface area contributed by atoms with E-state index in [9.17, 15) is 9.59 Å². The summed E-state index contributed by atoms with van der Waals surface area (Å²) in [5.74, 6) is 0.209. The van der Waals surface area contributed by atoms with E-state index in [1.54, 1.807) is 11.8 Å². The Bertz CT molecular complexity index is 517. The molecule has 1 aliphatic heterocycles. The van der Waals surface area contributed by atoms with Crippen molar-refractivity contribution >= 4 is 11.9 Å². The Labute approximate surface area is 137 Å². The largest absolute Gasteiger partial charge is 0.481 e. The maximum Gasteiger partial charge on any atom is 0.310 e. The van der Waals surface area contributed by atoms with Crippen molar-refractivity contribution in [1.82, 2.24) is 4.90 Å². The van der Waals surface area contributed by atoms with Gasteiger partial charge in [0.2, 0.25) is 0 Å². The standard InChI is InChI=1S/C18H25NO4/c1-3-16(23-15-10-6-5-7-11-15)17(20)19-12-8-9-14(13-19)18(21)22-4-2/h5-7,10-11,14,16H,3-4,8-9,12-13H2,1-2H3/t14-,16+/m1/s1. The molecule has 5 nitrogen and oxygen atoms in total. The van der Waals surface area contributed by atoms with Crippen LogP contribution in [0.5, 0.6) is 5.75 Å². The van der Waals surface area contributed by atoms with Gasteiger partial charge in [0, 0.05) is 13.1 Å². The molecule has 1 aromatic rings. The first-order valence-electron chi connectivity index (χ1n) is 8.32. The van der Waals surface area contributed by atoms with Crippen LogP contribution >= 0.6 is 0 Å². The van der Waals surface area contributed by atoms with Gasteiger partial charge in [-0.1, -0.05) is 25.1 Å². The van der Waals surface area contributed by atoms with Gasteiger partial charge >= 0.3 is 5.97 Å². The van der Waals surface area contributed by atoms with Crippen molar-refractivity contribution in [1.29, 1.82) is 0 Å². The summed E-state index contributed by atoms with van der Waals surface area (Å²) < 4.78 is 10.9. The number of carbonyl (C=O) groups is 2. The molecule has 0 aliphatic carbocycles. The van der Waals surface area contributed by atoms with Crippen molar-refractivity contribution < 1.29 is 19.1 Å². The molecule has 1 heterocycles. The van der Waals surface area contributed by atoms with E-state index in [1.165, 1.54) is 0 Å². The second-order valence-electron chi connectivity index (χ2n) is 5.70. The molecule has 1 saturated heterocycles. The first kappa shape index (κ1) is 17.3. The third-order valence-corrected chi connectivity index (χ3v) is 4.02. The number of amides is 1. The van der Waals surface area contributed by atoms with Gasteiger partial charge in [-0.05, 0) is 38.3 Å². The molecule has 5 heteroatoms. The minimum Gasteiger partial charge on any atom is -0.481 e. The predicted octanol–water partition coefficient (Wildman–Crippen LogP) is 2.65. The fourth-order valence-corrected chi connectivity index (χ4v) is 2.81. The molecule has 0 unspecified atom stereocenters. The molecule has 0 N–H and O–H groups in total. The Kier molecular flexibility index (Phi) is 6.44. The number of benzene rings is 1. The number of hydrogen-bond donors (Lipinski definition) is 0. The molecule has 2 rings (SSSR count). The van der Waals surface area contributed by atoms with Crippen molar-refractivity contribution in [2.75, 3.05) is 19.7 Å². The summed E-state index contributed by atoms with van der Waals surface area (Å²) in [7, 11) is 0.